The molecule has 0 bridgehead atoms. The molecule has 6 heteroatoms. The van der Waals surface area contributed by atoms with E-state index in [9.17, 15) is 18.3 Å². The van der Waals surface area contributed by atoms with Crippen molar-refractivity contribution in [3.63, 3.8) is 0 Å². The van der Waals surface area contributed by atoms with Gasteiger partial charge in [-0.1, -0.05) is 6.07 Å². The van der Waals surface area contributed by atoms with Gasteiger partial charge in [0, 0.05) is 18.3 Å². The van der Waals surface area contributed by atoms with Crippen LogP contribution in [0.2, 0.25) is 0 Å². The van der Waals surface area contributed by atoms with Crippen LogP contribution in [-0.2, 0) is 0 Å². The van der Waals surface area contributed by atoms with Crippen LogP contribution in [0.25, 0.3) is 0 Å². The molecular formula is C10H12F3NO2. The van der Waals surface area contributed by atoms with E-state index in [2.05, 4.69) is 5.32 Å². The van der Waals surface area contributed by atoms with Gasteiger partial charge in [0.2, 0.25) is 0 Å². The first-order chi connectivity index (χ1) is 7.30. The van der Waals surface area contributed by atoms with E-state index in [0.29, 0.717) is 11.3 Å². The lowest BCUT2D eigenvalue weighted by Gasteiger charge is -2.16. The van der Waals surface area contributed by atoms with Crippen LogP contribution in [0, 0.1) is 6.92 Å². The third-order valence-corrected chi connectivity index (χ3v) is 2.09. The predicted octanol–water partition coefficient (Wildman–Crippen LogP) is 2.04. The van der Waals surface area contributed by atoms with Crippen LogP contribution in [0.1, 0.15) is 5.56 Å². The zero-order valence-electron chi connectivity index (χ0n) is 8.54. The fourth-order valence-corrected chi connectivity index (χ4v) is 1.05. The highest BCUT2D eigenvalue weighted by atomic mass is 19.4. The van der Waals surface area contributed by atoms with E-state index < -0.39 is 18.8 Å². The van der Waals surface area contributed by atoms with Gasteiger partial charge in [-0.3, -0.25) is 0 Å². The number of aryl methyl sites for hydroxylation is 1. The summed E-state index contributed by atoms with van der Waals surface area (Å²) in [6.07, 6.45) is -7.06. The maximum Gasteiger partial charge on any atom is 0.416 e. The van der Waals surface area contributed by atoms with Gasteiger partial charge in [0.05, 0.1) is 0 Å². The molecule has 90 valence electrons. The van der Waals surface area contributed by atoms with Gasteiger partial charge in [-0.05, 0) is 18.6 Å². The van der Waals surface area contributed by atoms with Gasteiger partial charge in [0.25, 0.3) is 0 Å². The minimum Gasteiger partial charge on any atom is -0.508 e. The molecule has 1 aromatic rings. The standard InChI is InChI=1S/C10H12F3NO2/c1-6-2-3-7(4-8(6)15)14-5-9(16)10(11,12)13/h2-4,9,14-16H,5H2,1H3. The lowest BCUT2D eigenvalue weighted by molar-refractivity contribution is -0.198. The number of phenolic OH excluding ortho intramolecular Hbond substituents is 1. The molecule has 1 aromatic carbocycles. The summed E-state index contributed by atoms with van der Waals surface area (Å²) in [5.41, 5.74) is 0.952. The third kappa shape index (κ3) is 3.30. The first kappa shape index (κ1) is 12.6. The summed E-state index contributed by atoms with van der Waals surface area (Å²) in [5, 5.41) is 20.4. The fourth-order valence-electron chi connectivity index (χ4n) is 1.05. The number of aliphatic hydroxyl groups excluding tert-OH is 1. The van der Waals surface area contributed by atoms with Crippen LogP contribution in [0.15, 0.2) is 18.2 Å². The normalized spacial score (nSPS) is 13.6. The van der Waals surface area contributed by atoms with Gasteiger partial charge >= 0.3 is 6.18 Å². The van der Waals surface area contributed by atoms with Crippen LogP contribution in [0.4, 0.5) is 18.9 Å². The van der Waals surface area contributed by atoms with Crippen LogP contribution < -0.4 is 5.32 Å². The summed E-state index contributed by atoms with van der Waals surface area (Å²) < 4.78 is 35.9. The van der Waals surface area contributed by atoms with Crippen molar-refractivity contribution in [2.45, 2.75) is 19.2 Å². The number of benzene rings is 1. The largest absolute Gasteiger partial charge is 0.508 e. The molecule has 0 saturated heterocycles. The number of halogens is 3. The van der Waals surface area contributed by atoms with E-state index in [1.807, 2.05) is 0 Å². The molecule has 0 aromatic heterocycles. The molecule has 0 amide bonds. The lowest BCUT2D eigenvalue weighted by atomic mass is 10.2. The molecule has 1 rings (SSSR count). The van der Waals surface area contributed by atoms with Crippen molar-refractivity contribution in [1.29, 1.82) is 0 Å². The number of rotatable bonds is 3. The van der Waals surface area contributed by atoms with Gasteiger partial charge in [-0.25, -0.2) is 0 Å². The van der Waals surface area contributed by atoms with E-state index in [4.69, 9.17) is 5.11 Å². The van der Waals surface area contributed by atoms with Gasteiger partial charge in [0.15, 0.2) is 6.10 Å². The first-order valence-electron chi connectivity index (χ1n) is 4.59. The Bertz CT molecular complexity index is 366. The van der Waals surface area contributed by atoms with Crippen molar-refractivity contribution < 1.29 is 23.4 Å². The van der Waals surface area contributed by atoms with Crippen molar-refractivity contribution in [1.82, 2.24) is 0 Å². The fraction of sp³-hybridized carbons (Fsp3) is 0.400. The molecule has 3 N–H and O–H groups in total. The molecule has 0 radical (unpaired) electrons. The molecule has 1 atom stereocenters. The molecule has 0 spiro atoms. The van der Waals surface area contributed by atoms with Crippen molar-refractivity contribution in [3.05, 3.63) is 23.8 Å². The Morgan fingerprint density at radius 3 is 2.50 bits per heavy atom. The van der Waals surface area contributed by atoms with Crippen molar-refractivity contribution in [3.8, 4) is 5.75 Å². The van der Waals surface area contributed by atoms with E-state index in [-0.39, 0.29) is 5.75 Å². The summed E-state index contributed by atoms with van der Waals surface area (Å²) >= 11 is 0. The molecule has 16 heavy (non-hydrogen) atoms. The minimum absolute atomic E-state index is 0.00787. The molecule has 0 fully saturated rings. The number of phenols is 1. The zero-order valence-corrected chi connectivity index (χ0v) is 8.54. The highest BCUT2D eigenvalue weighted by molar-refractivity contribution is 5.50. The van der Waals surface area contributed by atoms with Crippen LogP contribution in [-0.4, -0.2) is 29.0 Å². The minimum atomic E-state index is -4.64. The Labute approximate surface area is 90.5 Å². The van der Waals surface area contributed by atoms with E-state index in [1.54, 1.807) is 13.0 Å². The van der Waals surface area contributed by atoms with E-state index in [1.165, 1.54) is 12.1 Å². The first-order valence-corrected chi connectivity index (χ1v) is 4.59. The van der Waals surface area contributed by atoms with Gasteiger partial charge in [-0.2, -0.15) is 13.2 Å². The summed E-state index contributed by atoms with van der Waals surface area (Å²) in [7, 11) is 0. The van der Waals surface area contributed by atoms with Crippen LogP contribution in [0.5, 0.6) is 5.75 Å². The second-order valence-corrected chi connectivity index (χ2v) is 3.44. The van der Waals surface area contributed by atoms with Crippen LogP contribution in [0.3, 0.4) is 0 Å². The van der Waals surface area contributed by atoms with Crippen molar-refractivity contribution in [2.24, 2.45) is 0 Å². The van der Waals surface area contributed by atoms with Gasteiger partial charge < -0.3 is 15.5 Å². The molecular weight excluding hydrogens is 223 g/mol. The Hall–Kier alpha value is -1.43. The molecule has 0 aliphatic carbocycles. The third-order valence-electron chi connectivity index (χ3n) is 2.09. The van der Waals surface area contributed by atoms with Crippen molar-refractivity contribution >= 4 is 5.69 Å². The summed E-state index contributed by atoms with van der Waals surface area (Å²) in [4.78, 5) is 0. The average Bonchev–Trinajstić information content (AvgIpc) is 2.18. The number of nitrogens with one attached hydrogen (secondary N) is 1. The Morgan fingerprint density at radius 1 is 1.38 bits per heavy atom. The van der Waals surface area contributed by atoms with E-state index >= 15 is 0 Å². The molecule has 0 heterocycles. The quantitative estimate of drug-likeness (QED) is 0.751. The smallest absolute Gasteiger partial charge is 0.416 e. The maximum atomic E-state index is 12.0. The Kier molecular flexibility index (Phi) is 3.64. The number of hydrogen-bond donors (Lipinski definition) is 3. The maximum absolute atomic E-state index is 12.0. The second kappa shape index (κ2) is 4.61. The summed E-state index contributed by atoms with van der Waals surface area (Å²) in [6, 6.07) is 4.40. The van der Waals surface area contributed by atoms with Crippen LogP contribution >= 0.6 is 0 Å². The van der Waals surface area contributed by atoms with Gasteiger partial charge in [0.1, 0.15) is 5.75 Å². The highest BCUT2D eigenvalue weighted by Crippen LogP contribution is 2.23. The average molecular weight is 235 g/mol. The SMILES string of the molecule is Cc1ccc(NCC(O)C(F)(F)F)cc1O. The number of hydrogen-bond acceptors (Lipinski definition) is 3. The zero-order chi connectivity index (χ0) is 12.3. The topological polar surface area (TPSA) is 52.5 Å². The number of aliphatic hydroxyl groups is 1. The summed E-state index contributed by atoms with van der Waals surface area (Å²) in [5.74, 6) is -0.00787. The van der Waals surface area contributed by atoms with Crippen molar-refractivity contribution in [2.75, 3.05) is 11.9 Å². The molecule has 0 aliphatic rings. The predicted molar refractivity (Wildman–Crippen MR) is 53.4 cm³/mol. The molecule has 1 unspecified atom stereocenters. The summed E-state index contributed by atoms with van der Waals surface area (Å²) in [6.45, 7) is 1.02. The number of alkyl halides is 3. The lowest BCUT2D eigenvalue weighted by Crippen LogP contribution is -2.34. The Morgan fingerprint density at radius 2 is 2.00 bits per heavy atom. The monoisotopic (exact) mass is 235 g/mol. The number of aromatic hydroxyl groups is 1. The van der Waals surface area contributed by atoms with Gasteiger partial charge in [-0.15, -0.1) is 0 Å². The molecule has 0 saturated carbocycles. The van der Waals surface area contributed by atoms with E-state index in [0.717, 1.165) is 0 Å². The number of anilines is 1. The highest BCUT2D eigenvalue weighted by Gasteiger charge is 2.37. The molecule has 0 aliphatic heterocycles. The molecule has 3 nitrogen and oxygen atoms in total. The Balaban J connectivity index is 2.58. The second-order valence-electron chi connectivity index (χ2n) is 3.44.